The molecule has 0 radical (unpaired) electrons. The largest absolute Gasteiger partial charge is 0.314 e. The molecule has 14 heavy (non-hydrogen) atoms. The van der Waals surface area contributed by atoms with Crippen LogP contribution in [0.2, 0.25) is 0 Å². The van der Waals surface area contributed by atoms with E-state index in [0.29, 0.717) is 12.0 Å². The predicted molar refractivity (Wildman–Crippen MR) is 55.1 cm³/mol. The molecule has 1 aromatic heterocycles. The summed E-state index contributed by atoms with van der Waals surface area (Å²) in [6.07, 6.45) is 5.77. The van der Waals surface area contributed by atoms with Crippen molar-refractivity contribution < 1.29 is 0 Å². The molecule has 0 bridgehead atoms. The second-order valence-electron chi connectivity index (χ2n) is 4.08. The van der Waals surface area contributed by atoms with E-state index in [4.69, 9.17) is 0 Å². The molecule has 4 nitrogen and oxygen atoms in total. The van der Waals surface area contributed by atoms with Gasteiger partial charge in [0.05, 0.1) is 5.69 Å². The van der Waals surface area contributed by atoms with E-state index in [0.717, 1.165) is 12.2 Å². The summed E-state index contributed by atoms with van der Waals surface area (Å²) in [6.45, 7) is 3.23. The molecular formula is C10H18N4. The molecule has 1 heterocycles. The van der Waals surface area contributed by atoms with E-state index in [2.05, 4.69) is 22.6 Å². The van der Waals surface area contributed by atoms with E-state index >= 15 is 0 Å². The van der Waals surface area contributed by atoms with Crippen molar-refractivity contribution in [3.63, 3.8) is 0 Å². The van der Waals surface area contributed by atoms with Crippen molar-refractivity contribution in [3.05, 3.63) is 11.9 Å². The van der Waals surface area contributed by atoms with Crippen molar-refractivity contribution in [1.82, 2.24) is 20.3 Å². The molecule has 1 aromatic rings. The van der Waals surface area contributed by atoms with Crippen LogP contribution in [0.1, 0.15) is 37.8 Å². The van der Waals surface area contributed by atoms with Crippen LogP contribution in [0.15, 0.2) is 6.20 Å². The van der Waals surface area contributed by atoms with Crippen LogP contribution in [0.25, 0.3) is 0 Å². The predicted octanol–water partition coefficient (Wildman–Crippen LogP) is 1.06. The Morgan fingerprint density at radius 3 is 3.07 bits per heavy atom. The standard InChI is InChI=1S/C10H18N4/c1-3-11-9-5-4-8(6-9)10-7-14(2)13-12-10/h7-9,11H,3-6H2,1-2H3. The highest BCUT2D eigenvalue weighted by molar-refractivity contribution is 5.06. The van der Waals surface area contributed by atoms with E-state index < -0.39 is 0 Å². The van der Waals surface area contributed by atoms with Gasteiger partial charge in [-0.1, -0.05) is 12.1 Å². The molecule has 0 aliphatic heterocycles. The molecule has 2 rings (SSSR count). The van der Waals surface area contributed by atoms with Crippen molar-refractivity contribution in [2.45, 2.75) is 38.1 Å². The monoisotopic (exact) mass is 194 g/mol. The van der Waals surface area contributed by atoms with Crippen molar-refractivity contribution in [2.75, 3.05) is 6.54 Å². The first-order chi connectivity index (χ1) is 6.79. The average molecular weight is 194 g/mol. The Bertz CT molecular complexity index is 294. The average Bonchev–Trinajstić information content (AvgIpc) is 2.74. The van der Waals surface area contributed by atoms with Crippen LogP contribution >= 0.6 is 0 Å². The van der Waals surface area contributed by atoms with Gasteiger partial charge in [0, 0.05) is 25.2 Å². The number of nitrogens with one attached hydrogen (secondary N) is 1. The molecule has 78 valence electrons. The number of hydrogen-bond donors (Lipinski definition) is 1. The maximum atomic E-state index is 4.18. The lowest BCUT2D eigenvalue weighted by molar-refractivity contribution is 0.533. The second kappa shape index (κ2) is 4.09. The molecular weight excluding hydrogens is 176 g/mol. The maximum Gasteiger partial charge on any atom is 0.0858 e. The van der Waals surface area contributed by atoms with Gasteiger partial charge >= 0.3 is 0 Å². The van der Waals surface area contributed by atoms with Crippen molar-refractivity contribution in [1.29, 1.82) is 0 Å². The lowest BCUT2D eigenvalue weighted by atomic mass is 10.1. The fourth-order valence-corrected chi connectivity index (χ4v) is 2.28. The number of aryl methyl sites for hydroxylation is 1. The van der Waals surface area contributed by atoms with Crippen molar-refractivity contribution in [2.24, 2.45) is 7.05 Å². The third-order valence-corrected chi connectivity index (χ3v) is 2.96. The zero-order valence-corrected chi connectivity index (χ0v) is 8.90. The quantitative estimate of drug-likeness (QED) is 0.782. The molecule has 0 spiro atoms. The Balaban J connectivity index is 1.95. The first-order valence-corrected chi connectivity index (χ1v) is 5.39. The molecule has 1 N–H and O–H groups in total. The van der Waals surface area contributed by atoms with Gasteiger partial charge in [-0.05, 0) is 25.8 Å². The van der Waals surface area contributed by atoms with E-state index in [1.165, 1.54) is 19.3 Å². The molecule has 1 fully saturated rings. The van der Waals surface area contributed by atoms with E-state index in [9.17, 15) is 0 Å². The first kappa shape index (κ1) is 9.65. The van der Waals surface area contributed by atoms with Crippen LogP contribution in [0.5, 0.6) is 0 Å². The molecule has 2 atom stereocenters. The normalized spacial score (nSPS) is 27.0. The summed E-state index contributed by atoms with van der Waals surface area (Å²) >= 11 is 0. The van der Waals surface area contributed by atoms with Gasteiger partial charge in [-0.15, -0.1) is 5.10 Å². The number of aromatic nitrogens is 3. The van der Waals surface area contributed by atoms with Crippen LogP contribution in [0.3, 0.4) is 0 Å². The van der Waals surface area contributed by atoms with Crippen molar-refractivity contribution >= 4 is 0 Å². The molecule has 1 aliphatic carbocycles. The minimum absolute atomic E-state index is 0.618. The van der Waals surface area contributed by atoms with Gasteiger partial charge in [-0.2, -0.15) is 0 Å². The lowest BCUT2D eigenvalue weighted by Gasteiger charge is -2.09. The summed E-state index contributed by atoms with van der Waals surface area (Å²) in [6, 6.07) is 0.687. The summed E-state index contributed by atoms with van der Waals surface area (Å²) in [5.41, 5.74) is 1.16. The van der Waals surface area contributed by atoms with E-state index in [1.54, 1.807) is 4.68 Å². The van der Waals surface area contributed by atoms with Crippen LogP contribution < -0.4 is 5.32 Å². The fourth-order valence-electron chi connectivity index (χ4n) is 2.28. The maximum absolute atomic E-state index is 4.18. The van der Waals surface area contributed by atoms with E-state index in [1.807, 2.05) is 13.2 Å². The third-order valence-electron chi connectivity index (χ3n) is 2.96. The van der Waals surface area contributed by atoms with Crippen LogP contribution in [0.4, 0.5) is 0 Å². The lowest BCUT2D eigenvalue weighted by Crippen LogP contribution is -2.25. The molecule has 2 unspecified atom stereocenters. The summed E-state index contributed by atoms with van der Waals surface area (Å²) in [4.78, 5) is 0. The highest BCUT2D eigenvalue weighted by Crippen LogP contribution is 2.32. The van der Waals surface area contributed by atoms with Gasteiger partial charge in [-0.25, -0.2) is 0 Å². The molecule has 0 saturated heterocycles. The zero-order valence-electron chi connectivity index (χ0n) is 8.90. The Morgan fingerprint density at radius 1 is 1.57 bits per heavy atom. The smallest absolute Gasteiger partial charge is 0.0858 e. The van der Waals surface area contributed by atoms with Gasteiger partial charge in [0.15, 0.2) is 0 Å². The Morgan fingerprint density at radius 2 is 2.43 bits per heavy atom. The van der Waals surface area contributed by atoms with Gasteiger partial charge in [0.2, 0.25) is 0 Å². The Labute approximate surface area is 84.7 Å². The summed E-state index contributed by atoms with van der Waals surface area (Å²) in [5.74, 6) is 0.618. The number of hydrogen-bond acceptors (Lipinski definition) is 3. The van der Waals surface area contributed by atoms with Crippen molar-refractivity contribution in [3.8, 4) is 0 Å². The zero-order chi connectivity index (χ0) is 9.97. The fraction of sp³-hybridized carbons (Fsp3) is 0.800. The summed E-state index contributed by atoms with van der Waals surface area (Å²) in [7, 11) is 1.92. The van der Waals surface area contributed by atoms with Gasteiger partial charge in [0.1, 0.15) is 0 Å². The van der Waals surface area contributed by atoms with Gasteiger partial charge < -0.3 is 5.32 Å². The second-order valence-corrected chi connectivity index (χ2v) is 4.08. The summed E-state index contributed by atoms with van der Waals surface area (Å²) < 4.78 is 1.79. The van der Waals surface area contributed by atoms with Gasteiger partial charge in [-0.3, -0.25) is 4.68 Å². The topological polar surface area (TPSA) is 42.7 Å². The van der Waals surface area contributed by atoms with E-state index in [-0.39, 0.29) is 0 Å². The molecule has 4 heteroatoms. The van der Waals surface area contributed by atoms with Crippen LogP contribution in [0, 0.1) is 0 Å². The molecule has 0 amide bonds. The summed E-state index contributed by atoms with van der Waals surface area (Å²) in [5, 5.41) is 11.7. The molecule has 1 saturated carbocycles. The number of rotatable bonds is 3. The van der Waals surface area contributed by atoms with Crippen LogP contribution in [-0.2, 0) is 7.05 Å². The highest BCUT2D eigenvalue weighted by Gasteiger charge is 2.26. The minimum Gasteiger partial charge on any atom is -0.314 e. The minimum atomic E-state index is 0.618. The number of nitrogens with zero attached hydrogens (tertiary/aromatic N) is 3. The Kier molecular flexibility index (Phi) is 2.82. The SMILES string of the molecule is CCNC1CCC(c2cn(C)nn2)C1. The van der Waals surface area contributed by atoms with Crippen LogP contribution in [-0.4, -0.2) is 27.6 Å². The third kappa shape index (κ3) is 1.95. The molecule has 0 aromatic carbocycles. The first-order valence-electron chi connectivity index (χ1n) is 5.39. The Hall–Kier alpha value is -0.900. The highest BCUT2D eigenvalue weighted by atomic mass is 15.4. The molecule has 1 aliphatic rings. The van der Waals surface area contributed by atoms with Gasteiger partial charge in [0.25, 0.3) is 0 Å².